The van der Waals surface area contributed by atoms with Crippen LogP contribution in [-0.2, 0) is 0 Å². The molecule has 1 aliphatic heterocycles. The number of fused-ring (bicyclic) bond motifs is 1. The lowest BCUT2D eigenvalue weighted by Gasteiger charge is -2.32. The SMILES string of the molecule is Cc1ccc(NC(=O)c2cnn3c2N[C@@H](C2CC2)C[C@@H]3C(F)F)cc1. The van der Waals surface area contributed by atoms with E-state index in [0.717, 1.165) is 18.4 Å². The summed E-state index contributed by atoms with van der Waals surface area (Å²) in [6, 6.07) is 6.42. The Morgan fingerprint density at radius 3 is 2.68 bits per heavy atom. The second kappa shape index (κ2) is 6.13. The molecule has 1 aliphatic carbocycles. The van der Waals surface area contributed by atoms with Crippen LogP contribution in [0.4, 0.5) is 20.3 Å². The molecule has 2 heterocycles. The van der Waals surface area contributed by atoms with Gasteiger partial charge in [-0.2, -0.15) is 5.10 Å². The smallest absolute Gasteiger partial charge is 0.261 e. The Morgan fingerprint density at radius 1 is 1.32 bits per heavy atom. The van der Waals surface area contributed by atoms with Gasteiger partial charge in [-0.3, -0.25) is 4.79 Å². The van der Waals surface area contributed by atoms with E-state index in [0.29, 0.717) is 29.4 Å². The van der Waals surface area contributed by atoms with E-state index in [1.165, 1.54) is 10.9 Å². The van der Waals surface area contributed by atoms with E-state index < -0.39 is 12.5 Å². The van der Waals surface area contributed by atoms with Gasteiger partial charge in [-0.15, -0.1) is 0 Å². The third-order valence-electron chi connectivity index (χ3n) is 4.96. The topological polar surface area (TPSA) is 59.0 Å². The average molecular weight is 346 g/mol. The van der Waals surface area contributed by atoms with Gasteiger partial charge in [-0.1, -0.05) is 17.7 Å². The molecule has 1 fully saturated rings. The van der Waals surface area contributed by atoms with Crippen molar-refractivity contribution < 1.29 is 13.6 Å². The van der Waals surface area contributed by atoms with Crippen LogP contribution in [0, 0.1) is 12.8 Å². The monoisotopic (exact) mass is 346 g/mol. The highest BCUT2D eigenvalue weighted by atomic mass is 19.3. The normalized spacial score (nSPS) is 22.4. The van der Waals surface area contributed by atoms with Crippen molar-refractivity contribution in [1.29, 1.82) is 0 Å². The zero-order valence-electron chi connectivity index (χ0n) is 13.9. The molecule has 1 aromatic heterocycles. The summed E-state index contributed by atoms with van der Waals surface area (Å²) in [5, 5.41) is 10.1. The molecule has 0 bridgehead atoms. The minimum absolute atomic E-state index is 0.0193. The Bertz CT molecular complexity index is 783. The van der Waals surface area contributed by atoms with Gasteiger partial charge in [0.05, 0.1) is 6.20 Å². The maximum Gasteiger partial charge on any atom is 0.261 e. The molecule has 2 aliphatic rings. The second-order valence-corrected chi connectivity index (χ2v) is 6.90. The number of amides is 1. The average Bonchev–Trinajstić information content (AvgIpc) is 3.35. The van der Waals surface area contributed by atoms with Crippen molar-refractivity contribution in [2.45, 2.75) is 44.7 Å². The molecule has 2 N–H and O–H groups in total. The second-order valence-electron chi connectivity index (χ2n) is 6.90. The lowest BCUT2D eigenvalue weighted by Crippen LogP contribution is -2.37. The number of hydrogen-bond donors (Lipinski definition) is 2. The van der Waals surface area contributed by atoms with E-state index >= 15 is 0 Å². The van der Waals surface area contributed by atoms with Crippen LogP contribution in [0.2, 0.25) is 0 Å². The molecule has 25 heavy (non-hydrogen) atoms. The van der Waals surface area contributed by atoms with Gasteiger partial charge in [0.1, 0.15) is 17.4 Å². The maximum atomic E-state index is 13.5. The Kier molecular flexibility index (Phi) is 3.94. The summed E-state index contributed by atoms with van der Waals surface area (Å²) < 4.78 is 28.2. The number of aryl methyl sites for hydroxylation is 1. The van der Waals surface area contributed by atoms with Crippen molar-refractivity contribution >= 4 is 17.4 Å². The van der Waals surface area contributed by atoms with Crippen LogP contribution in [0.3, 0.4) is 0 Å². The molecule has 7 heteroatoms. The Morgan fingerprint density at radius 2 is 2.04 bits per heavy atom. The molecule has 0 radical (unpaired) electrons. The summed E-state index contributed by atoms with van der Waals surface area (Å²) >= 11 is 0. The van der Waals surface area contributed by atoms with E-state index in [9.17, 15) is 13.6 Å². The highest BCUT2D eigenvalue weighted by Crippen LogP contribution is 2.42. The standard InChI is InChI=1S/C18H20F2N4O/c1-10-2-6-12(7-3-10)22-18(25)13-9-21-24-15(16(19)20)8-14(11-4-5-11)23-17(13)24/h2-3,6-7,9,11,14-16,23H,4-5,8H2,1H3,(H,22,25)/t14-,15-/m1/s1. The first-order chi connectivity index (χ1) is 12.0. The summed E-state index contributed by atoms with van der Waals surface area (Å²) in [7, 11) is 0. The third-order valence-corrected chi connectivity index (χ3v) is 4.96. The van der Waals surface area contributed by atoms with Gasteiger partial charge in [-0.25, -0.2) is 13.5 Å². The minimum atomic E-state index is -2.50. The van der Waals surface area contributed by atoms with Crippen molar-refractivity contribution in [3.63, 3.8) is 0 Å². The van der Waals surface area contributed by atoms with Crippen LogP contribution in [0.15, 0.2) is 30.5 Å². The quantitative estimate of drug-likeness (QED) is 0.884. The largest absolute Gasteiger partial charge is 0.367 e. The number of anilines is 2. The van der Waals surface area contributed by atoms with Gasteiger partial charge >= 0.3 is 0 Å². The van der Waals surface area contributed by atoms with E-state index in [-0.39, 0.29) is 11.9 Å². The zero-order chi connectivity index (χ0) is 17.6. The minimum Gasteiger partial charge on any atom is -0.367 e. The predicted molar refractivity (Wildman–Crippen MR) is 91.2 cm³/mol. The summed E-state index contributed by atoms with van der Waals surface area (Å²) in [6.45, 7) is 1.96. The van der Waals surface area contributed by atoms with Crippen LogP contribution in [-0.4, -0.2) is 28.2 Å². The molecule has 1 saturated carbocycles. The first-order valence-corrected chi connectivity index (χ1v) is 8.53. The Labute approximate surface area is 144 Å². The number of alkyl halides is 2. The van der Waals surface area contributed by atoms with Crippen molar-refractivity contribution in [3.8, 4) is 0 Å². The summed E-state index contributed by atoms with van der Waals surface area (Å²) in [5.41, 5.74) is 2.06. The molecule has 0 saturated heterocycles. The molecular formula is C18H20F2N4O. The van der Waals surface area contributed by atoms with Crippen LogP contribution in [0.1, 0.15) is 41.2 Å². The zero-order valence-corrected chi connectivity index (χ0v) is 13.9. The number of halogens is 2. The lowest BCUT2D eigenvalue weighted by atomic mass is 10.00. The summed E-state index contributed by atoms with van der Waals surface area (Å²) in [6.07, 6.45) is 1.31. The Hall–Kier alpha value is -2.44. The molecule has 2 atom stereocenters. The lowest BCUT2D eigenvalue weighted by molar-refractivity contribution is 0.0644. The molecule has 0 spiro atoms. The molecule has 4 rings (SSSR count). The Balaban J connectivity index is 1.60. The number of nitrogens with one attached hydrogen (secondary N) is 2. The van der Waals surface area contributed by atoms with Crippen molar-refractivity contribution in [2.75, 3.05) is 10.6 Å². The van der Waals surface area contributed by atoms with Crippen LogP contribution in [0.25, 0.3) is 0 Å². The fourth-order valence-corrected chi connectivity index (χ4v) is 3.37. The molecule has 132 valence electrons. The van der Waals surface area contributed by atoms with Crippen molar-refractivity contribution in [2.24, 2.45) is 5.92 Å². The molecular weight excluding hydrogens is 326 g/mol. The fraction of sp³-hybridized carbons (Fsp3) is 0.444. The highest BCUT2D eigenvalue weighted by Gasteiger charge is 2.41. The van der Waals surface area contributed by atoms with E-state index in [4.69, 9.17) is 0 Å². The van der Waals surface area contributed by atoms with Gasteiger partial charge in [0.25, 0.3) is 12.3 Å². The van der Waals surface area contributed by atoms with Gasteiger partial charge in [-0.05, 0) is 44.2 Å². The highest BCUT2D eigenvalue weighted by molar-refractivity contribution is 6.07. The number of nitrogens with zero attached hydrogens (tertiary/aromatic N) is 2. The number of hydrogen-bond acceptors (Lipinski definition) is 3. The fourth-order valence-electron chi connectivity index (χ4n) is 3.37. The predicted octanol–water partition coefficient (Wildman–Crippen LogP) is 3.84. The number of rotatable bonds is 4. The number of benzene rings is 1. The molecule has 1 amide bonds. The molecule has 1 aromatic carbocycles. The summed E-state index contributed by atoms with van der Waals surface area (Å²) in [5.74, 6) is 0.470. The van der Waals surface area contributed by atoms with Crippen molar-refractivity contribution in [1.82, 2.24) is 9.78 Å². The van der Waals surface area contributed by atoms with Crippen LogP contribution >= 0.6 is 0 Å². The van der Waals surface area contributed by atoms with Crippen LogP contribution in [0.5, 0.6) is 0 Å². The number of carbonyl (C=O) groups is 1. The maximum absolute atomic E-state index is 13.5. The first kappa shape index (κ1) is 16.1. The first-order valence-electron chi connectivity index (χ1n) is 8.53. The van der Waals surface area contributed by atoms with E-state index in [2.05, 4.69) is 15.7 Å². The molecule has 2 aromatic rings. The number of aromatic nitrogens is 2. The molecule has 0 unspecified atom stereocenters. The van der Waals surface area contributed by atoms with Gasteiger partial charge < -0.3 is 10.6 Å². The summed E-state index contributed by atoms with van der Waals surface area (Å²) in [4.78, 5) is 12.6. The third kappa shape index (κ3) is 3.10. The van der Waals surface area contributed by atoms with Crippen LogP contribution < -0.4 is 10.6 Å². The van der Waals surface area contributed by atoms with Gasteiger partial charge in [0.15, 0.2) is 0 Å². The van der Waals surface area contributed by atoms with E-state index in [1.54, 1.807) is 0 Å². The van der Waals surface area contributed by atoms with Gasteiger partial charge in [0, 0.05) is 11.7 Å². The molecule has 5 nitrogen and oxygen atoms in total. The van der Waals surface area contributed by atoms with Crippen molar-refractivity contribution in [3.05, 3.63) is 41.6 Å². The van der Waals surface area contributed by atoms with E-state index in [1.807, 2.05) is 31.2 Å². The van der Waals surface area contributed by atoms with Gasteiger partial charge in [0.2, 0.25) is 0 Å². The number of carbonyl (C=O) groups excluding carboxylic acids is 1.